The molecule has 3 heterocycles. The van der Waals surface area contributed by atoms with E-state index < -0.39 is 18.3 Å². The zero-order valence-corrected chi connectivity index (χ0v) is 16.0. The van der Waals surface area contributed by atoms with Gasteiger partial charge in [0.1, 0.15) is 11.9 Å². The topological polar surface area (TPSA) is 80.4 Å². The monoisotopic (exact) mass is 388 g/mol. The highest BCUT2D eigenvalue weighted by Crippen LogP contribution is 2.30. The van der Waals surface area contributed by atoms with E-state index in [-0.39, 0.29) is 31.1 Å². The Balaban J connectivity index is 1.59. The smallest absolute Gasteiger partial charge is 0.346 e. The molecule has 0 bridgehead atoms. The Morgan fingerprint density at radius 1 is 1.36 bits per heavy atom. The highest BCUT2D eigenvalue weighted by atomic mass is 19.1. The number of rotatable bonds is 4. The van der Waals surface area contributed by atoms with E-state index in [4.69, 9.17) is 0 Å². The molecule has 1 amide bonds. The third-order valence-electron chi connectivity index (χ3n) is 5.77. The molecule has 28 heavy (non-hydrogen) atoms. The largest absolute Gasteiger partial charge is 0.393 e. The Morgan fingerprint density at radius 3 is 2.79 bits per heavy atom. The van der Waals surface area contributed by atoms with Crippen molar-refractivity contribution < 1.29 is 14.3 Å². The third-order valence-corrected chi connectivity index (χ3v) is 5.77. The first-order valence-electron chi connectivity index (χ1n) is 9.72. The summed E-state index contributed by atoms with van der Waals surface area (Å²) in [6.45, 7) is 1.89. The summed E-state index contributed by atoms with van der Waals surface area (Å²) in [6.07, 6.45) is 2.06. The van der Waals surface area contributed by atoms with Gasteiger partial charge in [0, 0.05) is 19.4 Å². The molecule has 7 nitrogen and oxygen atoms in total. The summed E-state index contributed by atoms with van der Waals surface area (Å²) in [7, 11) is 0. The van der Waals surface area contributed by atoms with Crippen molar-refractivity contribution in [3.63, 3.8) is 0 Å². The van der Waals surface area contributed by atoms with Crippen LogP contribution in [0.15, 0.2) is 29.1 Å². The van der Waals surface area contributed by atoms with Gasteiger partial charge in [-0.2, -0.15) is 5.10 Å². The van der Waals surface area contributed by atoms with Gasteiger partial charge in [0.2, 0.25) is 5.91 Å². The van der Waals surface area contributed by atoms with Crippen LogP contribution in [0.5, 0.6) is 0 Å². The lowest BCUT2D eigenvalue weighted by atomic mass is 10.0. The number of aliphatic hydroxyl groups excluding tert-OH is 1. The summed E-state index contributed by atoms with van der Waals surface area (Å²) in [5.41, 5.74) is 0.0637. The zero-order chi connectivity index (χ0) is 19.9. The second-order valence-corrected chi connectivity index (χ2v) is 7.94. The number of hydrogen-bond donors (Lipinski definition) is 1. The first kappa shape index (κ1) is 18.9. The number of amides is 1. The van der Waals surface area contributed by atoms with Crippen LogP contribution in [0.3, 0.4) is 0 Å². The number of aryl methyl sites for hydroxylation is 2. The van der Waals surface area contributed by atoms with Crippen LogP contribution in [-0.2, 0) is 17.8 Å². The fourth-order valence-corrected chi connectivity index (χ4v) is 4.10. The standard InChI is InChI=1S/C20H25FN4O3/c1-14-5-7-15(8-6-14)11-24-19(28)25-16(3-2-4-17(25)22-24)18(27)23-10-9-20(21,12-23)13-26/h5-8,16,26H,2-4,9-13H2,1H3/t16-,20-/m0/s1. The SMILES string of the molecule is Cc1ccc(Cn2nc3n(c2=O)[C@H](C(=O)N2CC[C@@](F)(CO)C2)CCC3)cc1. The van der Waals surface area contributed by atoms with Gasteiger partial charge in [-0.25, -0.2) is 13.9 Å². The lowest BCUT2D eigenvalue weighted by molar-refractivity contribution is -0.135. The summed E-state index contributed by atoms with van der Waals surface area (Å²) in [5, 5.41) is 13.7. The summed E-state index contributed by atoms with van der Waals surface area (Å²) in [4.78, 5) is 27.4. The molecule has 0 spiro atoms. The maximum Gasteiger partial charge on any atom is 0.346 e. The van der Waals surface area contributed by atoms with Crippen molar-refractivity contribution >= 4 is 5.91 Å². The van der Waals surface area contributed by atoms with Gasteiger partial charge in [-0.05, 0) is 25.3 Å². The van der Waals surface area contributed by atoms with Crippen molar-refractivity contribution in [2.45, 2.75) is 50.9 Å². The maximum absolute atomic E-state index is 14.3. The van der Waals surface area contributed by atoms with Crippen LogP contribution in [0.25, 0.3) is 0 Å². The van der Waals surface area contributed by atoms with E-state index in [0.29, 0.717) is 25.2 Å². The molecule has 1 aromatic heterocycles. The van der Waals surface area contributed by atoms with E-state index in [1.54, 1.807) is 0 Å². The van der Waals surface area contributed by atoms with Crippen molar-refractivity contribution in [3.8, 4) is 0 Å². The maximum atomic E-state index is 14.3. The van der Waals surface area contributed by atoms with Crippen LogP contribution in [0.1, 0.15) is 42.3 Å². The van der Waals surface area contributed by atoms with Gasteiger partial charge in [0.15, 0.2) is 5.67 Å². The van der Waals surface area contributed by atoms with Crippen molar-refractivity contribution in [2.75, 3.05) is 19.7 Å². The van der Waals surface area contributed by atoms with E-state index in [0.717, 1.165) is 17.5 Å². The first-order chi connectivity index (χ1) is 13.4. The number of nitrogens with zero attached hydrogens (tertiary/aromatic N) is 4. The normalized spacial score (nSPS) is 24.4. The molecule has 2 aromatic rings. The summed E-state index contributed by atoms with van der Waals surface area (Å²) in [6, 6.07) is 7.25. The van der Waals surface area contributed by atoms with E-state index in [1.165, 1.54) is 14.1 Å². The van der Waals surface area contributed by atoms with Crippen LogP contribution < -0.4 is 5.69 Å². The number of hydrogen-bond acceptors (Lipinski definition) is 4. The number of alkyl halides is 1. The average Bonchev–Trinajstić information content (AvgIpc) is 3.24. The molecule has 0 radical (unpaired) electrons. The van der Waals surface area contributed by atoms with Crippen molar-refractivity contribution in [1.29, 1.82) is 0 Å². The lowest BCUT2D eigenvalue weighted by Crippen LogP contribution is -2.43. The molecule has 1 saturated heterocycles. The lowest BCUT2D eigenvalue weighted by Gasteiger charge is -2.27. The molecule has 0 aliphatic carbocycles. The van der Waals surface area contributed by atoms with Gasteiger partial charge >= 0.3 is 5.69 Å². The Bertz CT molecular complexity index is 936. The predicted molar refractivity (Wildman–Crippen MR) is 101 cm³/mol. The second kappa shape index (κ2) is 7.16. The number of carbonyl (C=O) groups is 1. The summed E-state index contributed by atoms with van der Waals surface area (Å²) < 4.78 is 17.2. The highest BCUT2D eigenvalue weighted by molar-refractivity contribution is 5.81. The number of halogens is 1. The van der Waals surface area contributed by atoms with Gasteiger partial charge in [0.25, 0.3) is 0 Å². The molecule has 0 saturated carbocycles. The Hall–Kier alpha value is -2.48. The Kier molecular flexibility index (Phi) is 4.82. The second-order valence-electron chi connectivity index (χ2n) is 7.94. The predicted octanol–water partition coefficient (Wildman–Crippen LogP) is 1.21. The quantitative estimate of drug-likeness (QED) is 0.854. The van der Waals surface area contributed by atoms with Gasteiger partial charge in [0.05, 0.1) is 19.7 Å². The highest BCUT2D eigenvalue weighted by Gasteiger charge is 2.43. The number of aromatic nitrogens is 3. The number of fused-ring (bicyclic) bond motifs is 1. The molecule has 1 N–H and O–H groups in total. The van der Waals surface area contributed by atoms with Crippen molar-refractivity contribution in [1.82, 2.24) is 19.2 Å². The minimum absolute atomic E-state index is 0.121. The molecular formula is C20H25FN4O3. The van der Waals surface area contributed by atoms with Gasteiger partial charge in [-0.1, -0.05) is 29.8 Å². The summed E-state index contributed by atoms with van der Waals surface area (Å²) in [5.74, 6) is 0.348. The molecule has 4 rings (SSSR count). The van der Waals surface area contributed by atoms with Crippen LogP contribution in [0.4, 0.5) is 4.39 Å². The van der Waals surface area contributed by atoms with E-state index in [1.807, 2.05) is 31.2 Å². The first-order valence-corrected chi connectivity index (χ1v) is 9.72. The number of aliphatic hydroxyl groups is 1. The fourth-order valence-electron chi connectivity index (χ4n) is 4.10. The van der Waals surface area contributed by atoms with Gasteiger partial charge in [-0.3, -0.25) is 9.36 Å². The Labute approximate surface area is 162 Å². The molecule has 150 valence electrons. The Morgan fingerprint density at radius 2 is 2.11 bits per heavy atom. The molecule has 2 atom stereocenters. The number of carbonyl (C=O) groups excluding carboxylic acids is 1. The van der Waals surface area contributed by atoms with Crippen LogP contribution in [-0.4, -0.2) is 55.6 Å². The van der Waals surface area contributed by atoms with Gasteiger partial charge in [-0.15, -0.1) is 0 Å². The van der Waals surface area contributed by atoms with Crippen LogP contribution in [0, 0.1) is 6.92 Å². The van der Waals surface area contributed by atoms with Crippen LogP contribution >= 0.6 is 0 Å². The summed E-state index contributed by atoms with van der Waals surface area (Å²) >= 11 is 0. The molecule has 1 aromatic carbocycles. The molecule has 2 aliphatic heterocycles. The molecule has 0 unspecified atom stereocenters. The fraction of sp³-hybridized carbons (Fsp3) is 0.550. The van der Waals surface area contributed by atoms with E-state index >= 15 is 0 Å². The van der Waals surface area contributed by atoms with Crippen molar-refractivity contribution in [3.05, 3.63) is 51.7 Å². The van der Waals surface area contributed by atoms with Gasteiger partial charge < -0.3 is 10.0 Å². The molecule has 1 fully saturated rings. The molecule has 8 heteroatoms. The molecular weight excluding hydrogens is 363 g/mol. The third kappa shape index (κ3) is 3.37. The number of benzene rings is 1. The van der Waals surface area contributed by atoms with Crippen LogP contribution in [0.2, 0.25) is 0 Å². The van der Waals surface area contributed by atoms with Crippen molar-refractivity contribution in [2.24, 2.45) is 0 Å². The van der Waals surface area contributed by atoms with E-state index in [2.05, 4.69) is 5.10 Å². The molecule has 2 aliphatic rings. The minimum atomic E-state index is -1.74. The number of likely N-dealkylation sites (tertiary alicyclic amines) is 1. The average molecular weight is 388 g/mol. The zero-order valence-electron chi connectivity index (χ0n) is 16.0. The van der Waals surface area contributed by atoms with E-state index in [9.17, 15) is 19.1 Å². The minimum Gasteiger partial charge on any atom is -0.393 e.